The molecule has 0 saturated carbocycles. The minimum absolute atomic E-state index is 0.0101. The third kappa shape index (κ3) is 3.22. The second kappa shape index (κ2) is 6.28. The van der Waals surface area contributed by atoms with Gasteiger partial charge in [0, 0.05) is 22.2 Å². The van der Waals surface area contributed by atoms with Crippen LogP contribution in [0.4, 0.5) is 0 Å². The van der Waals surface area contributed by atoms with Gasteiger partial charge in [0.15, 0.2) is 11.2 Å². The number of fused-ring (bicyclic) bond motifs is 1. The molecule has 2 N–H and O–H groups in total. The molecule has 0 amide bonds. The normalized spacial score (nSPS) is 21.5. The molecule has 2 aromatic rings. The van der Waals surface area contributed by atoms with Crippen molar-refractivity contribution in [3.8, 4) is 0 Å². The van der Waals surface area contributed by atoms with Crippen molar-refractivity contribution in [3.63, 3.8) is 0 Å². The second-order valence-corrected chi connectivity index (χ2v) is 6.98. The van der Waals surface area contributed by atoms with Crippen molar-refractivity contribution < 1.29 is 9.69 Å². The van der Waals surface area contributed by atoms with Gasteiger partial charge in [-0.1, -0.05) is 6.92 Å². The van der Waals surface area contributed by atoms with Gasteiger partial charge in [-0.3, -0.25) is 9.59 Å². The van der Waals surface area contributed by atoms with Gasteiger partial charge in [0.25, 0.3) is 0 Å². The SMILES string of the molecule is CC(=O)c1ccc2[nH]c(C)c(C[NH+]3CCC(C)CC3)c(=O)c2c1. The number of hydrogen-bond donors (Lipinski definition) is 2. The minimum atomic E-state index is -0.0101. The molecule has 3 rings (SSSR count). The Morgan fingerprint density at radius 3 is 2.65 bits per heavy atom. The monoisotopic (exact) mass is 313 g/mol. The summed E-state index contributed by atoms with van der Waals surface area (Å²) < 4.78 is 0. The van der Waals surface area contributed by atoms with Crippen molar-refractivity contribution in [3.05, 3.63) is 45.2 Å². The Bertz CT molecular complexity index is 799. The van der Waals surface area contributed by atoms with Gasteiger partial charge in [-0.2, -0.15) is 0 Å². The van der Waals surface area contributed by atoms with E-state index in [4.69, 9.17) is 0 Å². The Balaban J connectivity index is 1.99. The summed E-state index contributed by atoms with van der Waals surface area (Å²) in [6.07, 6.45) is 2.46. The van der Waals surface area contributed by atoms with Crippen molar-refractivity contribution >= 4 is 16.7 Å². The van der Waals surface area contributed by atoms with E-state index in [9.17, 15) is 9.59 Å². The first kappa shape index (κ1) is 15.9. The van der Waals surface area contributed by atoms with E-state index in [1.165, 1.54) is 24.7 Å². The number of rotatable bonds is 3. The molecule has 1 fully saturated rings. The Labute approximate surface area is 136 Å². The van der Waals surface area contributed by atoms with Crippen molar-refractivity contribution in [2.45, 2.75) is 40.2 Å². The van der Waals surface area contributed by atoms with Crippen molar-refractivity contribution in [1.29, 1.82) is 0 Å². The molecule has 1 aliphatic rings. The van der Waals surface area contributed by atoms with Crippen LogP contribution in [-0.4, -0.2) is 23.9 Å². The minimum Gasteiger partial charge on any atom is -0.358 e. The quantitative estimate of drug-likeness (QED) is 0.850. The average molecular weight is 313 g/mol. The number of carbonyl (C=O) groups excluding carboxylic acids is 1. The van der Waals surface area contributed by atoms with Crippen LogP contribution >= 0.6 is 0 Å². The summed E-state index contributed by atoms with van der Waals surface area (Å²) in [6, 6.07) is 5.34. The Kier molecular flexibility index (Phi) is 4.35. The Morgan fingerprint density at radius 1 is 1.30 bits per heavy atom. The number of likely N-dealkylation sites (tertiary alicyclic amines) is 1. The first-order valence-corrected chi connectivity index (χ1v) is 8.45. The summed E-state index contributed by atoms with van der Waals surface area (Å²) in [5.41, 5.74) is 3.29. The summed E-state index contributed by atoms with van der Waals surface area (Å²) in [5, 5.41) is 0.628. The fourth-order valence-electron chi connectivity index (χ4n) is 3.48. The predicted octanol–water partition coefficient (Wildman–Crippen LogP) is 1.85. The van der Waals surface area contributed by atoms with Crippen LogP contribution in [-0.2, 0) is 6.54 Å². The van der Waals surface area contributed by atoms with Crippen LogP contribution in [0.3, 0.4) is 0 Å². The zero-order valence-electron chi connectivity index (χ0n) is 14.2. The molecule has 1 aliphatic heterocycles. The van der Waals surface area contributed by atoms with Crippen molar-refractivity contribution in [2.24, 2.45) is 5.92 Å². The first-order valence-electron chi connectivity index (χ1n) is 8.45. The number of ketones is 1. The van der Waals surface area contributed by atoms with Crippen LogP contribution in [0.15, 0.2) is 23.0 Å². The molecule has 1 saturated heterocycles. The molecule has 23 heavy (non-hydrogen) atoms. The number of Topliss-reactive ketones (excluding diaryl/α,β-unsaturated/α-hetero) is 1. The highest BCUT2D eigenvalue weighted by Gasteiger charge is 2.21. The maximum absolute atomic E-state index is 12.9. The Hall–Kier alpha value is -1.94. The molecule has 4 heteroatoms. The largest absolute Gasteiger partial charge is 0.358 e. The highest BCUT2D eigenvalue weighted by molar-refractivity contribution is 5.97. The number of H-pyrrole nitrogens is 1. The number of pyridine rings is 1. The highest BCUT2D eigenvalue weighted by atomic mass is 16.1. The van der Waals surface area contributed by atoms with Gasteiger partial charge in [0.05, 0.1) is 18.7 Å². The lowest BCUT2D eigenvalue weighted by molar-refractivity contribution is -0.919. The smallest absolute Gasteiger partial charge is 0.198 e. The molecule has 0 atom stereocenters. The molecule has 4 nitrogen and oxygen atoms in total. The van der Waals surface area contributed by atoms with E-state index in [-0.39, 0.29) is 11.2 Å². The van der Waals surface area contributed by atoms with Crippen LogP contribution in [0.25, 0.3) is 10.9 Å². The molecule has 0 bridgehead atoms. The lowest BCUT2D eigenvalue weighted by atomic mass is 9.98. The molecule has 1 aromatic heterocycles. The van der Waals surface area contributed by atoms with Gasteiger partial charge in [0.2, 0.25) is 0 Å². The highest BCUT2D eigenvalue weighted by Crippen LogP contribution is 2.14. The molecular weight excluding hydrogens is 288 g/mol. The van der Waals surface area contributed by atoms with Crippen molar-refractivity contribution in [1.82, 2.24) is 4.98 Å². The summed E-state index contributed by atoms with van der Waals surface area (Å²) in [7, 11) is 0. The molecule has 122 valence electrons. The summed E-state index contributed by atoms with van der Waals surface area (Å²) in [6.45, 7) is 8.84. The summed E-state index contributed by atoms with van der Waals surface area (Å²) in [4.78, 5) is 29.3. The molecule has 0 spiro atoms. The zero-order chi connectivity index (χ0) is 16.6. The van der Waals surface area contributed by atoms with E-state index in [2.05, 4.69) is 11.9 Å². The van der Waals surface area contributed by atoms with Crippen LogP contribution in [0.2, 0.25) is 0 Å². The van der Waals surface area contributed by atoms with Crippen molar-refractivity contribution in [2.75, 3.05) is 13.1 Å². The average Bonchev–Trinajstić information content (AvgIpc) is 2.53. The molecule has 2 heterocycles. The lowest BCUT2D eigenvalue weighted by Crippen LogP contribution is -3.12. The van der Waals surface area contributed by atoms with E-state index in [1.54, 1.807) is 12.1 Å². The van der Waals surface area contributed by atoms with E-state index < -0.39 is 0 Å². The predicted molar refractivity (Wildman–Crippen MR) is 92.1 cm³/mol. The number of carbonyl (C=O) groups is 1. The number of aromatic amines is 1. The molecular formula is C19H25N2O2+. The molecule has 1 aromatic carbocycles. The molecule has 0 radical (unpaired) electrons. The number of benzene rings is 1. The maximum Gasteiger partial charge on any atom is 0.198 e. The lowest BCUT2D eigenvalue weighted by Gasteiger charge is -2.27. The number of hydrogen-bond acceptors (Lipinski definition) is 2. The van der Waals surface area contributed by atoms with E-state index in [0.717, 1.165) is 42.3 Å². The Morgan fingerprint density at radius 2 is 2.00 bits per heavy atom. The topological polar surface area (TPSA) is 54.4 Å². The van der Waals surface area contributed by atoms with Crippen LogP contribution in [0.1, 0.15) is 48.3 Å². The second-order valence-electron chi connectivity index (χ2n) is 6.98. The number of aromatic nitrogens is 1. The van der Waals surface area contributed by atoms with Gasteiger partial charge < -0.3 is 9.88 Å². The fourth-order valence-corrected chi connectivity index (χ4v) is 3.48. The maximum atomic E-state index is 12.9. The standard InChI is InChI=1S/C19H24N2O2/c1-12-6-8-21(9-7-12)11-17-13(2)20-18-5-4-15(14(3)22)10-16(18)19(17)23/h4-5,10,12H,6-9,11H2,1-3H3,(H,20,23)/p+1. The summed E-state index contributed by atoms with van der Waals surface area (Å²) in [5.74, 6) is 0.789. The van der Waals surface area contributed by atoms with Crippen LogP contribution < -0.4 is 10.3 Å². The van der Waals surface area contributed by atoms with E-state index in [1.807, 2.05) is 13.0 Å². The first-order chi connectivity index (χ1) is 11.0. The van der Waals surface area contributed by atoms with Gasteiger partial charge >= 0.3 is 0 Å². The van der Waals surface area contributed by atoms with Gasteiger partial charge in [-0.15, -0.1) is 0 Å². The number of aryl methyl sites for hydroxylation is 1. The molecule has 0 aliphatic carbocycles. The number of piperidine rings is 1. The number of quaternary nitrogens is 1. The summed E-state index contributed by atoms with van der Waals surface area (Å²) >= 11 is 0. The third-order valence-electron chi connectivity index (χ3n) is 5.13. The van der Waals surface area contributed by atoms with Gasteiger partial charge in [-0.05, 0) is 50.8 Å². The molecule has 0 unspecified atom stereocenters. The van der Waals surface area contributed by atoms with E-state index >= 15 is 0 Å². The fraction of sp³-hybridized carbons (Fsp3) is 0.474. The van der Waals surface area contributed by atoms with E-state index in [0.29, 0.717) is 10.9 Å². The van der Waals surface area contributed by atoms with Crippen LogP contribution in [0.5, 0.6) is 0 Å². The van der Waals surface area contributed by atoms with Crippen LogP contribution in [0, 0.1) is 12.8 Å². The number of nitrogens with one attached hydrogen (secondary N) is 2. The zero-order valence-corrected chi connectivity index (χ0v) is 14.2. The van der Waals surface area contributed by atoms with Gasteiger partial charge in [-0.25, -0.2) is 0 Å². The third-order valence-corrected chi connectivity index (χ3v) is 5.13. The van der Waals surface area contributed by atoms with Gasteiger partial charge in [0.1, 0.15) is 6.54 Å².